The van der Waals surface area contributed by atoms with Crippen molar-refractivity contribution in [2.24, 2.45) is 0 Å². The van der Waals surface area contributed by atoms with Gasteiger partial charge in [-0.2, -0.15) is 0 Å². The lowest BCUT2D eigenvalue weighted by atomic mass is 9.91. The minimum atomic E-state index is -0.162. The van der Waals surface area contributed by atoms with E-state index in [1.165, 1.54) is 60.8 Å². The molecule has 0 unspecified atom stereocenters. The van der Waals surface area contributed by atoms with Gasteiger partial charge in [-0.3, -0.25) is 9.69 Å². The van der Waals surface area contributed by atoms with Crippen LogP contribution in [0.25, 0.3) is 11.1 Å². The third-order valence-electron chi connectivity index (χ3n) is 6.77. The van der Waals surface area contributed by atoms with E-state index in [1.807, 2.05) is 12.1 Å². The predicted molar refractivity (Wildman–Crippen MR) is 126 cm³/mol. The molecule has 1 saturated carbocycles. The van der Waals surface area contributed by atoms with E-state index < -0.39 is 0 Å². The minimum absolute atomic E-state index is 0.162. The average molecular weight is 428 g/mol. The van der Waals surface area contributed by atoms with Gasteiger partial charge in [0.1, 0.15) is 5.75 Å². The number of benzene rings is 2. The Balaban J connectivity index is 1.26. The lowest BCUT2D eigenvalue weighted by molar-refractivity contribution is 0.0962. The summed E-state index contributed by atoms with van der Waals surface area (Å²) < 4.78 is 5.85. The van der Waals surface area contributed by atoms with Crippen LogP contribution in [0.1, 0.15) is 40.7 Å². The molecule has 2 aromatic carbocycles. The van der Waals surface area contributed by atoms with Crippen LogP contribution in [0.2, 0.25) is 0 Å². The molecular formula is C27H29N3O2. The minimum Gasteiger partial charge on any atom is -0.439 e. The number of pyridine rings is 1. The molecular weight excluding hydrogens is 398 g/mol. The fourth-order valence-corrected chi connectivity index (χ4v) is 4.59. The van der Waals surface area contributed by atoms with Crippen molar-refractivity contribution in [3.63, 3.8) is 0 Å². The van der Waals surface area contributed by atoms with E-state index in [4.69, 9.17) is 4.74 Å². The quantitative estimate of drug-likeness (QED) is 0.632. The standard InChI is InChI=1S/C27H29N3O2/c1-28-27(31)23-9-12-26(29-18-23)32-25-10-7-19(8-11-25)21-6-5-20-13-15-30(24-3-2-4-24)16-14-22(20)17-21/h5-12,17-18,24H,2-4,13-16H2,1H3,(H,28,31). The second-order valence-corrected chi connectivity index (χ2v) is 8.69. The van der Waals surface area contributed by atoms with E-state index in [1.54, 1.807) is 19.2 Å². The molecule has 164 valence electrons. The smallest absolute Gasteiger partial charge is 0.252 e. The van der Waals surface area contributed by atoms with Crippen LogP contribution in [0, 0.1) is 0 Å². The molecule has 0 spiro atoms. The second kappa shape index (κ2) is 9.13. The summed E-state index contributed by atoms with van der Waals surface area (Å²) in [6.45, 7) is 2.38. The van der Waals surface area contributed by atoms with Crippen LogP contribution in [0.4, 0.5) is 0 Å². The highest BCUT2D eigenvalue weighted by Gasteiger charge is 2.26. The molecule has 0 saturated heterocycles. The van der Waals surface area contributed by atoms with Gasteiger partial charge < -0.3 is 10.1 Å². The molecule has 1 aromatic heterocycles. The molecule has 2 heterocycles. The Kier molecular flexibility index (Phi) is 5.91. The van der Waals surface area contributed by atoms with Gasteiger partial charge in [-0.15, -0.1) is 0 Å². The Hall–Kier alpha value is -3.18. The summed E-state index contributed by atoms with van der Waals surface area (Å²) in [6.07, 6.45) is 7.97. The molecule has 2 aliphatic rings. The Bertz CT molecular complexity index is 1090. The van der Waals surface area contributed by atoms with Crippen LogP contribution in [0.5, 0.6) is 11.6 Å². The van der Waals surface area contributed by atoms with Crippen molar-refractivity contribution >= 4 is 5.91 Å². The molecule has 0 atom stereocenters. The first kappa shape index (κ1) is 20.7. The number of nitrogens with zero attached hydrogens (tertiary/aromatic N) is 2. The molecule has 32 heavy (non-hydrogen) atoms. The van der Waals surface area contributed by atoms with Crippen LogP contribution in [0.3, 0.4) is 0 Å². The number of ether oxygens (including phenoxy) is 1. The van der Waals surface area contributed by atoms with Crippen molar-refractivity contribution in [1.82, 2.24) is 15.2 Å². The summed E-state index contributed by atoms with van der Waals surface area (Å²) in [5, 5.41) is 2.58. The van der Waals surface area contributed by atoms with Gasteiger partial charge in [0.05, 0.1) is 5.56 Å². The first-order chi connectivity index (χ1) is 15.7. The van der Waals surface area contributed by atoms with Crippen molar-refractivity contribution in [2.45, 2.75) is 38.1 Å². The first-order valence-electron chi connectivity index (χ1n) is 11.5. The average Bonchev–Trinajstić information content (AvgIpc) is 3.01. The largest absolute Gasteiger partial charge is 0.439 e. The molecule has 1 aliphatic carbocycles. The summed E-state index contributed by atoms with van der Waals surface area (Å²) >= 11 is 0. The highest BCUT2D eigenvalue weighted by molar-refractivity contribution is 5.93. The van der Waals surface area contributed by atoms with Crippen LogP contribution < -0.4 is 10.1 Å². The zero-order chi connectivity index (χ0) is 21.9. The maximum Gasteiger partial charge on any atom is 0.252 e. The molecule has 0 bridgehead atoms. The number of aromatic nitrogens is 1. The molecule has 0 radical (unpaired) electrons. The van der Waals surface area contributed by atoms with E-state index in [2.05, 4.69) is 45.5 Å². The number of rotatable bonds is 5. The molecule has 5 heteroatoms. The summed E-state index contributed by atoms with van der Waals surface area (Å²) in [6, 6.07) is 19.3. The second-order valence-electron chi connectivity index (χ2n) is 8.69. The topological polar surface area (TPSA) is 54.5 Å². The van der Waals surface area contributed by atoms with Gasteiger partial charge in [-0.25, -0.2) is 4.98 Å². The van der Waals surface area contributed by atoms with E-state index in [9.17, 15) is 4.79 Å². The van der Waals surface area contributed by atoms with Gasteiger partial charge in [-0.1, -0.05) is 36.8 Å². The van der Waals surface area contributed by atoms with E-state index in [0.29, 0.717) is 11.4 Å². The van der Waals surface area contributed by atoms with Crippen molar-refractivity contribution in [3.8, 4) is 22.8 Å². The van der Waals surface area contributed by atoms with Crippen molar-refractivity contribution in [3.05, 3.63) is 77.5 Å². The van der Waals surface area contributed by atoms with Gasteiger partial charge in [0.2, 0.25) is 5.88 Å². The molecule has 1 aliphatic heterocycles. The number of hydrogen-bond acceptors (Lipinski definition) is 4. The molecule has 1 N–H and O–H groups in total. The fourth-order valence-electron chi connectivity index (χ4n) is 4.59. The van der Waals surface area contributed by atoms with E-state index in [-0.39, 0.29) is 5.91 Å². The lowest BCUT2D eigenvalue weighted by Crippen LogP contribution is -2.41. The third kappa shape index (κ3) is 4.39. The van der Waals surface area contributed by atoms with E-state index in [0.717, 1.165) is 24.6 Å². The first-order valence-corrected chi connectivity index (χ1v) is 11.5. The van der Waals surface area contributed by atoms with Crippen LogP contribution >= 0.6 is 0 Å². The Morgan fingerprint density at radius 1 is 0.969 bits per heavy atom. The number of fused-ring (bicyclic) bond motifs is 1. The van der Waals surface area contributed by atoms with Crippen molar-refractivity contribution in [2.75, 3.05) is 20.1 Å². The molecule has 5 rings (SSSR count). The maximum atomic E-state index is 11.6. The van der Waals surface area contributed by atoms with Gasteiger partial charge in [0, 0.05) is 38.4 Å². The molecule has 3 aromatic rings. The number of carbonyl (C=O) groups excluding carboxylic acids is 1. The number of carbonyl (C=O) groups is 1. The monoisotopic (exact) mass is 427 g/mol. The third-order valence-corrected chi connectivity index (χ3v) is 6.77. The Labute approximate surface area is 189 Å². The molecule has 5 nitrogen and oxygen atoms in total. The van der Waals surface area contributed by atoms with Crippen molar-refractivity contribution < 1.29 is 9.53 Å². The Morgan fingerprint density at radius 3 is 2.38 bits per heavy atom. The maximum absolute atomic E-state index is 11.6. The van der Waals surface area contributed by atoms with Gasteiger partial charge >= 0.3 is 0 Å². The summed E-state index contributed by atoms with van der Waals surface area (Å²) in [5.41, 5.74) is 5.93. The van der Waals surface area contributed by atoms with Crippen LogP contribution in [0.15, 0.2) is 60.8 Å². The fraction of sp³-hybridized carbons (Fsp3) is 0.333. The highest BCUT2D eigenvalue weighted by Crippen LogP contribution is 2.30. The van der Waals surface area contributed by atoms with Gasteiger partial charge in [0.25, 0.3) is 5.91 Å². The van der Waals surface area contributed by atoms with Gasteiger partial charge in [0.15, 0.2) is 0 Å². The zero-order valence-electron chi connectivity index (χ0n) is 18.5. The predicted octanol–water partition coefficient (Wildman–Crippen LogP) is 4.85. The lowest BCUT2D eigenvalue weighted by Gasteiger charge is -2.36. The number of amides is 1. The SMILES string of the molecule is CNC(=O)c1ccc(Oc2ccc(-c3ccc4c(c3)CCN(C3CCC3)CC4)cc2)nc1. The molecule has 1 amide bonds. The van der Waals surface area contributed by atoms with Gasteiger partial charge in [-0.05, 0) is 66.1 Å². The summed E-state index contributed by atoms with van der Waals surface area (Å²) in [4.78, 5) is 18.6. The number of nitrogens with one attached hydrogen (secondary N) is 1. The van der Waals surface area contributed by atoms with E-state index >= 15 is 0 Å². The highest BCUT2D eigenvalue weighted by atomic mass is 16.5. The summed E-state index contributed by atoms with van der Waals surface area (Å²) in [7, 11) is 1.60. The Morgan fingerprint density at radius 2 is 1.72 bits per heavy atom. The van der Waals surface area contributed by atoms with Crippen LogP contribution in [-0.2, 0) is 12.8 Å². The van der Waals surface area contributed by atoms with Crippen molar-refractivity contribution in [1.29, 1.82) is 0 Å². The zero-order valence-corrected chi connectivity index (χ0v) is 18.5. The summed E-state index contributed by atoms with van der Waals surface area (Å²) in [5.74, 6) is 1.02. The van der Waals surface area contributed by atoms with Crippen LogP contribution in [-0.4, -0.2) is 42.0 Å². The normalized spacial score (nSPS) is 16.5. The molecule has 1 fully saturated rings. The number of hydrogen-bond donors (Lipinski definition) is 1.